The number of hydrogen-bond donors (Lipinski definition) is 0. The van der Waals surface area contributed by atoms with E-state index < -0.39 is 0 Å². The topological polar surface area (TPSA) is 38.9 Å². The molecule has 5 heteroatoms. The average molecular weight is 687 g/mol. The van der Waals surface area contributed by atoms with Crippen LogP contribution in [0.3, 0.4) is 0 Å². The Balaban J connectivity index is 1.10. The van der Waals surface area contributed by atoms with E-state index in [1.807, 2.05) is 46.9 Å². The largest absolute Gasteiger partial charge is 0.452 e. The fourth-order valence-corrected chi connectivity index (χ4v) is 9.78. The van der Waals surface area contributed by atoms with Crippen LogP contribution in [-0.4, -0.2) is 9.97 Å². The van der Waals surface area contributed by atoms with E-state index in [0.29, 0.717) is 11.4 Å². The summed E-state index contributed by atoms with van der Waals surface area (Å²) in [4.78, 5) is 10.6. The Morgan fingerprint density at radius 2 is 1.04 bits per heavy atom. The van der Waals surface area contributed by atoms with Gasteiger partial charge in [0.2, 0.25) is 0 Å². The summed E-state index contributed by atoms with van der Waals surface area (Å²) >= 11 is 3.68. The fourth-order valence-electron chi connectivity index (χ4n) is 7.46. The number of aromatic nitrogens is 2. The van der Waals surface area contributed by atoms with Gasteiger partial charge < -0.3 is 4.42 Å². The molecule has 11 aromatic rings. The molecule has 0 spiro atoms. The van der Waals surface area contributed by atoms with Gasteiger partial charge in [-0.3, -0.25) is 0 Å². The van der Waals surface area contributed by atoms with Crippen molar-refractivity contribution in [3.63, 3.8) is 0 Å². The Morgan fingerprint density at radius 1 is 0.412 bits per heavy atom. The summed E-state index contributed by atoms with van der Waals surface area (Å²) in [7, 11) is 0. The number of thiophene rings is 2. The molecule has 0 fully saturated rings. The average Bonchev–Trinajstić information content (AvgIpc) is 3.88. The normalized spacial score (nSPS) is 11.9. The van der Waals surface area contributed by atoms with E-state index in [1.165, 1.54) is 51.5 Å². The van der Waals surface area contributed by atoms with Crippen molar-refractivity contribution in [3.05, 3.63) is 158 Å². The molecule has 0 saturated carbocycles. The van der Waals surface area contributed by atoms with Crippen LogP contribution in [0.1, 0.15) is 0 Å². The standard InChI is InChI=1S/C46H26N2OS2/c1-3-10-27(11-4-1)29-20-23-37-36(24-29)44-45(49-37)43(28-12-5-2-6-13-28)47-46(48-44)35-15-9-17-39-42(35)34-22-19-31(26-41(34)51-39)30-18-21-33-32-14-7-8-16-38(32)50-40(33)25-30/h1-26H. The zero-order valence-corrected chi connectivity index (χ0v) is 28.8. The summed E-state index contributed by atoms with van der Waals surface area (Å²) in [5.41, 5.74) is 9.87. The molecule has 0 aliphatic carbocycles. The van der Waals surface area contributed by atoms with E-state index in [9.17, 15) is 0 Å². The van der Waals surface area contributed by atoms with Crippen molar-refractivity contribution in [1.29, 1.82) is 0 Å². The monoisotopic (exact) mass is 686 g/mol. The Kier molecular flexibility index (Phi) is 6.29. The van der Waals surface area contributed by atoms with Gasteiger partial charge in [-0.1, -0.05) is 121 Å². The van der Waals surface area contributed by atoms with E-state index in [0.717, 1.165) is 44.4 Å². The lowest BCUT2D eigenvalue weighted by Gasteiger charge is -2.08. The van der Waals surface area contributed by atoms with E-state index in [-0.39, 0.29) is 0 Å². The second-order valence-electron chi connectivity index (χ2n) is 12.9. The van der Waals surface area contributed by atoms with Crippen LogP contribution < -0.4 is 0 Å². The second-order valence-corrected chi connectivity index (χ2v) is 15.1. The number of rotatable bonds is 4. The SMILES string of the molecule is c1ccc(-c2ccc3oc4c(-c5ccccc5)nc(-c5cccc6sc7cc(-c8ccc9c(c8)sc8ccccc89)ccc7c56)nc4c3c2)cc1. The first kappa shape index (κ1) is 28.7. The maximum atomic E-state index is 6.54. The first-order chi connectivity index (χ1) is 25.2. The lowest BCUT2D eigenvalue weighted by Crippen LogP contribution is -1.94. The van der Waals surface area contributed by atoms with Gasteiger partial charge in [0.1, 0.15) is 16.8 Å². The van der Waals surface area contributed by atoms with E-state index in [1.54, 1.807) is 0 Å². The van der Waals surface area contributed by atoms with E-state index >= 15 is 0 Å². The predicted molar refractivity (Wildman–Crippen MR) is 217 cm³/mol. The highest BCUT2D eigenvalue weighted by Crippen LogP contribution is 2.44. The minimum absolute atomic E-state index is 0.693. The molecule has 51 heavy (non-hydrogen) atoms. The zero-order chi connectivity index (χ0) is 33.5. The molecule has 0 atom stereocenters. The summed E-state index contributed by atoms with van der Waals surface area (Å²) in [6.45, 7) is 0. The first-order valence-electron chi connectivity index (χ1n) is 17.0. The van der Waals surface area contributed by atoms with Gasteiger partial charge in [-0.15, -0.1) is 22.7 Å². The Morgan fingerprint density at radius 3 is 1.86 bits per heavy atom. The Hall–Kier alpha value is -6.14. The van der Waals surface area contributed by atoms with E-state index in [2.05, 4.69) is 133 Å². The predicted octanol–water partition coefficient (Wildman–Crippen LogP) is 13.8. The third kappa shape index (κ3) is 4.56. The maximum absolute atomic E-state index is 6.54. The molecule has 0 unspecified atom stereocenters. The molecule has 7 aromatic carbocycles. The maximum Gasteiger partial charge on any atom is 0.180 e. The molecule has 4 aromatic heterocycles. The van der Waals surface area contributed by atoms with Crippen LogP contribution in [0, 0.1) is 0 Å². The quantitative estimate of drug-likeness (QED) is 0.185. The molecule has 11 rings (SSSR count). The van der Waals surface area contributed by atoms with Gasteiger partial charge in [0.05, 0.1) is 0 Å². The van der Waals surface area contributed by atoms with Gasteiger partial charge in [-0.05, 0) is 58.7 Å². The van der Waals surface area contributed by atoms with Gasteiger partial charge in [0, 0.05) is 56.9 Å². The minimum atomic E-state index is 0.693. The van der Waals surface area contributed by atoms with Crippen LogP contribution in [0.4, 0.5) is 0 Å². The molecule has 238 valence electrons. The van der Waals surface area contributed by atoms with Crippen LogP contribution in [-0.2, 0) is 0 Å². The van der Waals surface area contributed by atoms with Gasteiger partial charge in [-0.25, -0.2) is 9.97 Å². The highest BCUT2D eigenvalue weighted by Gasteiger charge is 2.21. The summed E-state index contributed by atoms with van der Waals surface area (Å²) < 4.78 is 11.6. The number of benzene rings is 7. The molecule has 0 bridgehead atoms. The Bertz CT molecular complexity index is 3140. The van der Waals surface area contributed by atoms with Crippen LogP contribution in [0.5, 0.6) is 0 Å². The van der Waals surface area contributed by atoms with Crippen LogP contribution in [0.25, 0.3) is 107 Å². The van der Waals surface area contributed by atoms with Crippen molar-refractivity contribution in [1.82, 2.24) is 9.97 Å². The van der Waals surface area contributed by atoms with Gasteiger partial charge in [-0.2, -0.15) is 0 Å². The van der Waals surface area contributed by atoms with Crippen molar-refractivity contribution in [3.8, 4) is 44.9 Å². The molecule has 0 aliphatic rings. The summed E-state index contributed by atoms with van der Waals surface area (Å²) in [5, 5.41) is 6.02. The lowest BCUT2D eigenvalue weighted by atomic mass is 10.0. The molecular weight excluding hydrogens is 661 g/mol. The molecule has 0 saturated heterocycles. The highest BCUT2D eigenvalue weighted by atomic mass is 32.1. The molecule has 4 heterocycles. The van der Waals surface area contributed by atoms with Crippen molar-refractivity contribution >= 4 is 85.1 Å². The van der Waals surface area contributed by atoms with Crippen molar-refractivity contribution in [2.75, 3.05) is 0 Å². The summed E-state index contributed by atoms with van der Waals surface area (Å²) in [6.07, 6.45) is 0. The van der Waals surface area contributed by atoms with Crippen molar-refractivity contribution in [2.45, 2.75) is 0 Å². The fraction of sp³-hybridized carbons (Fsp3) is 0. The van der Waals surface area contributed by atoms with Gasteiger partial charge in [0.25, 0.3) is 0 Å². The smallest absolute Gasteiger partial charge is 0.180 e. The summed E-state index contributed by atoms with van der Waals surface area (Å²) in [6, 6.07) is 56.0. The zero-order valence-electron chi connectivity index (χ0n) is 27.1. The van der Waals surface area contributed by atoms with Crippen LogP contribution >= 0.6 is 22.7 Å². The molecule has 0 radical (unpaired) electrons. The third-order valence-electron chi connectivity index (χ3n) is 9.92. The first-order valence-corrected chi connectivity index (χ1v) is 18.6. The number of fused-ring (bicyclic) bond motifs is 9. The van der Waals surface area contributed by atoms with Crippen LogP contribution in [0.2, 0.25) is 0 Å². The molecule has 3 nitrogen and oxygen atoms in total. The highest BCUT2D eigenvalue weighted by molar-refractivity contribution is 7.26. The molecular formula is C46H26N2OS2. The third-order valence-corrected chi connectivity index (χ3v) is 12.2. The van der Waals surface area contributed by atoms with Crippen molar-refractivity contribution in [2.24, 2.45) is 0 Å². The summed E-state index contributed by atoms with van der Waals surface area (Å²) in [5.74, 6) is 0.693. The van der Waals surface area contributed by atoms with Crippen molar-refractivity contribution < 1.29 is 4.42 Å². The van der Waals surface area contributed by atoms with Crippen LogP contribution in [0.15, 0.2) is 162 Å². The lowest BCUT2D eigenvalue weighted by molar-refractivity contribution is 0.667. The molecule has 0 amide bonds. The Labute approximate surface area is 300 Å². The number of nitrogens with zero attached hydrogens (tertiary/aromatic N) is 2. The number of hydrogen-bond acceptors (Lipinski definition) is 5. The second kappa shape index (κ2) is 11.2. The number of furan rings is 1. The minimum Gasteiger partial charge on any atom is -0.452 e. The van der Waals surface area contributed by atoms with Gasteiger partial charge >= 0.3 is 0 Å². The molecule has 0 N–H and O–H groups in total. The molecule has 0 aliphatic heterocycles. The van der Waals surface area contributed by atoms with E-state index in [4.69, 9.17) is 14.4 Å². The van der Waals surface area contributed by atoms with Gasteiger partial charge in [0.15, 0.2) is 11.4 Å².